The van der Waals surface area contributed by atoms with Crippen LogP contribution in [0.15, 0.2) is 30.5 Å². The minimum absolute atomic E-state index is 0.0172. The van der Waals surface area contributed by atoms with Crippen LogP contribution in [0.1, 0.15) is 12.0 Å². The van der Waals surface area contributed by atoms with E-state index in [1.165, 1.54) is 0 Å². The van der Waals surface area contributed by atoms with Crippen molar-refractivity contribution in [3.8, 4) is 0 Å². The maximum atomic E-state index is 12.2. The Bertz CT molecular complexity index is 664. The summed E-state index contributed by atoms with van der Waals surface area (Å²) in [5.74, 6) is -0.0172. The molecule has 1 aliphatic rings. The molecule has 3 N–H and O–H groups in total. The van der Waals surface area contributed by atoms with Gasteiger partial charge in [0.15, 0.2) is 0 Å². The lowest BCUT2D eigenvalue weighted by Crippen LogP contribution is -2.49. The van der Waals surface area contributed by atoms with Gasteiger partial charge in [-0.15, -0.1) is 0 Å². The van der Waals surface area contributed by atoms with Crippen molar-refractivity contribution < 1.29 is 14.6 Å². The van der Waals surface area contributed by atoms with Crippen LogP contribution in [0, 0.1) is 0 Å². The molecule has 1 aromatic heterocycles. The van der Waals surface area contributed by atoms with Crippen LogP contribution in [-0.2, 0) is 16.0 Å². The summed E-state index contributed by atoms with van der Waals surface area (Å²) >= 11 is 0. The highest BCUT2D eigenvalue weighted by Gasteiger charge is 2.17. The van der Waals surface area contributed by atoms with Crippen LogP contribution in [0.5, 0.6) is 0 Å². The molecule has 1 aromatic carbocycles. The predicted octanol–water partition coefficient (Wildman–Crippen LogP) is 0.910. The lowest BCUT2D eigenvalue weighted by atomic mass is 10.1. The molecule has 24 heavy (non-hydrogen) atoms. The number of aryl methyl sites for hydroxylation is 1. The number of rotatable bonds is 7. The first kappa shape index (κ1) is 17.0. The van der Waals surface area contributed by atoms with Crippen LogP contribution in [0.25, 0.3) is 10.9 Å². The molecule has 3 rings (SSSR count). The molecule has 1 saturated heterocycles. The van der Waals surface area contributed by atoms with Crippen LogP contribution in [0.4, 0.5) is 0 Å². The Balaban J connectivity index is 1.46. The van der Waals surface area contributed by atoms with Crippen molar-refractivity contribution in [1.29, 1.82) is 0 Å². The zero-order valence-corrected chi connectivity index (χ0v) is 13.8. The van der Waals surface area contributed by atoms with Crippen molar-refractivity contribution in [2.45, 2.75) is 18.9 Å². The molecule has 6 nitrogen and oxygen atoms in total. The van der Waals surface area contributed by atoms with Gasteiger partial charge in [0, 0.05) is 37.8 Å². The Morgan fingerprint density at radius 3 is 2.96 bits per heavy atom. The summed E-state index contributed by atoms with van der Waals surface area (Å²) in [4.78, 5) is 17.5. The number of ether oxygens (including phenoxy) is 1. The topological polar surface area (TPSA) is 77.6 Å². The second-order valence-corrected chi connectivity index (χ2v) is 6.26. The molecule has 0 spiro atoms. The molecule has 130 valence electrons. The van der Waals surface area contributed by atoms with Gasteiger partial charge in [0.2, 0.25) is 5.91 Å². The monoisotopic (exact) mass is 331 g/mol. The van der Waals surface area contributed by atoms with Gasteiger partial charge in [-0.1, -0.05) is 6.07 Å². The summed E-state index contributed by atoms with van der Waals surface area (Å²) in [7, 11) is 0. The van der Waals surface area contributed by atoms with Gasteiger partial charge < -0.3 is 20.1 Å². The van der Waals surface area contributed by atoms with Crippen LogP contribution in [0.3, 0.4) is 0 Å². The van der Waals surface area contributed by atoms with Crippen LogP contribution >= 0.6 is 0 Å². The highest BCUT2D eigenvalue weighted by atomic mass is 16.5. The molecule has 6 heteroatoms. The van der Waals surface area contributed by atoms with E-state index in [9.17, 15) is 9.90 Å². The summed E-state index contributed by atoms with van der Waals surface area (Å²) < 4.78 is 5.31. The van der Waals surface area contributed by atoms with Crippen molar-refractivity contribution in [2.24, 2.45) is 0 Å². The summed E-state index contributed by atoms with van der Waals surface area (Å²) in [5.41, 5.74) is 2.25. The number of hydrogen-bond acceptors (Lipinski definition) is 4. The molecule has 0 radical (unpaired) electrons. The van der Waals surface area contributed by atoms with Gasteiger partial charge in [-0.3, -0.25) is 9.69 Å². The summed E-state index contributed by atoms with van der Waals surface area (Å²) in [5, 5.41) is 13.6. The van der Waals surface area contributed by atoms with E-state index < -0.39 is 0 Å². The lowest BCUT2D eigenvalue weighted by Gasteiger charge is -2.30. The number of nitrogens with zero attached hydrogens (tertiary/aromatic N) is 1. The predicted molar refractivity (Wildman–Crippen MR) is 92.9 cm³/mol. The van der Waals surface area contributed by atoms with Crippen molar-refractivity contribution >= 4 is 16.8 Å². The number of benzene rings is 1. The number of carbonyl (C=O) groups is 1. The number of morpholine rings is 1. The number of aliphatic hydroxyl groups excluding tert-OH is 1. The fourth-order valence-corrected chi connectivity index (χ4v) is 3.06. The Labute approximate surface area is 141 Å². The number of H-pyrrole nitrogens is 1. The second kappa shape index (κ2) is 8.28. The number of aromatic amines is 1. The van der Waals surface area contributed by atoms with Gasteiger partial charge in [-0.05, 0) is 35.6 Å². The molecular weight excluding hydrogens is 306 g/mol. The number of fused-ring (bicyclic) bond motifs is 1. The first-order valence-corrected chi connectivity index (χ1v) is 8.51. The zero-order chi connectivity index (χ0) is 16.8. The SMILES string of the molecule is O=C(CCc1ccc2[nH]ccc2c1)NC(CO)CN1CCOCC1. The van der Waals surface area contributed by atoms with Crippen molar-refractivity contribution in [3.05, 3.63) is 36.0 Å². The number of carbonyl (C=O) groups excluding carboxylic acids is 1. The molecule has 0 aliphatic carbocycles. The van der Waals surface area contributed by atoms with Gasteiger partial charge in [-0.2, -0.15) is 0 Å². The highest BCUT2D eigenvalue weighted by Crippen LogP contribution is 2.15. The molecular formula is C18H25N3O3. The van der Waals surface area contributed by atoms with E-state index in [0.29, 0.717) is 32.6 Å². The van der Waals surface area contributed by atoms with Crippen LogP contribution in [-0.4, -0.2) is 66.4 Å². The minimum Gasteiger partial charge on any atom is -0.394 e. The van der Waals surface area contributed by atoms with E-state index in [1.807, 2.05) is 24.4 Å². The number of hydrogen-bond donors (Lipinski definition) is 3. The fourth-order valence-electron chi connectivity index (χ4n) is 3.06. The molecule has 1 atom stereocenters. The van der Waals surface area contributed by atoms with E-state index in [4.69, 9.17) is 4.74 Å². The number of aliphatic hydroxyl groups is 1. The minimum atomic E-state index is -0.220. The Morgan fingerprint density at radius 1 is 1.33 bits per heavy atom. The number of aromatic nitrogens is 1. The number of nitrogens with one attached hydrogen (secondary N) is 2. The summed E-state index contributed by atoms with van der Waals surface area (Å²) in [6.45, 7) is 3.76. The van der Waals surface area contributed by atoms with E-state index >= 15 is 0 Å². The van der Waals surface area contributed by atoms with Gasteiger partial charge in [0.25, 0.3) is 0 Å². The van der Waals surface area contributed by atoms with Gasteiger partial charge in [0.05, 0.1) is 25.9 Å². The van der Waals surface area contributed by atoms with E-state index in [0.717, 1.165) is 29.6 Å². The molecule has 1 aliphatic heterocycles. The Morgan fingerprint density at radius 2 is 2.17 bits per heavy atom. The van der Waals surface area contributed by atoms with E-state index in [-0.39, 0.29) is 18.6 Å². The zero-order valence-electron chi connectivity index (χ0n) is 13.8. The van der Waals surface area contributed by atoms with Crippen molar-refractivity contribution in [2.75, 3.05) is 39.5 Å². The first-order chi connectivity index (χ1) is 11.7. The van der Waals surface area contributed by atoms with Crippen LogP contribution in [0.2, 0.25) is 0 Å². The average molecular weight is 331 g/mol. The summed E-state index contributed by atoms with van der Waals surface area (Å²) in [6.07, 6.45) is 3.04. The highest BCUT2D eigenvalue weighted by molar-refractivity contribution is 5.80. The quantitative estimate of drug-likeness (QED) is 0.705. The number of amides is 1. The normalized spacial score (nSPS) is 17.0. The molecule has 0 saturated carbocycles. The van der Waals surface area contributed by atoms with Gasteiger partial charge in [0.1, 0.15) is 0 Å². The largest absolute Gasteiger partial charge is 0.394 e. The molecule has 1 unspecified atom stereocenters. The average Bonchev–Trinajstić information content (AvgIpc) is 3.08. The molecule has 0 bridgehead atoms. The standard InChI is InChI=1S/C18H25N3O3/c22-13-16(12-21-7-9-24-10-8-21)20-18(23)4-2-14-1-3-17-15(11-14)5-6-19-17/h1,3,5-6,11,16,19,22H,2,4,7-10,12-13H2,(H,20,23). The maximum absolute atomic E-state index is 12.2. The first-order valence-electron chi connectivity index (χ1n) is 8.51. The summed E-state index contributed by atoms with van der Waals surface area (Å²) in [6, 6.07) is 8.00. The third-order valence-corrected chi connectivity index (χ3v) is 4.43. The Kier molecular flexibility index (Phi) is 5.85. The van der Waals surface area contributed by atoms with Crippen molar-refractivity contribution in [3.63, 3.8) is 0 Å². The molecule has 1 amide bonds. The van der Waals surface area contributed by atoms with E-state index in [2.05, 4.69) is 21.3 Å². The van der Waals surface area contributed by atoms with Gasteiger partial charge in [-0.25, -0.2) is 0 Å². The second-order valence-electron chi connectivity index (χ2n) is 6.26. The fraction of sp³-hybridized carbons (Fsp3) is 0.500. The smallest absolute Gasteiger partial charge is 0.220 e. The third kappa shape index (κ3) is 4.56. The molecule has 2 aromatic rings. The molecule has 1 fully saturated rings. The molecule has 2 heterocycles. The van der Waals surface area contributed by atoms with Gasteiger partial charge >= 0.3 is 0 Å². The van der Waals surface area contributed by atoms with Crippen LogP contribution < -0.4 is 5.32 Å². The lowest BCUT2D eigenvalue weighted by molar-refractivity contribution is -0.122. The maximum Gasteiger partial charge on any atom is 0.220 e. The Hall–Kier alpha value is -1.89. The van der Waals surface area contributed by atoms with Crippen molar-refractivity contribution in [1.82, 2.24) is 15.2 Å². The van der Waals surface area contributed by atoms with E-state index in [1.54, 1.807) is 0 Å². The third-order valence-electron chi connectivity index (χ3n) is 4.43.